The van der Waals surface area contributed by atoms with Crippen LogP contribution in [-0.4, -0.2) is 50.8 Å². The maximum absolute atomic E-state index is 11.7. The molecule has 0 N–H and O–H groups in total. The average molecular weight is 215 g/mol. The maximum atomic E-state index is 11.7. The van der Waals surface area contributed by atoms with Gasteiger partial charge in [0.25, 0.3) is 0 Å². The molecule has 0 spiro atoms. The van der Waals surface area contributed by atoms with Crippen LogP contribution < -0.4 is 0 Å². The second kappa shape index (κ2) is 7.65. The van der Waals surface area contributed by atoms with E-state index in [1.165, 1.54) is 0 Å². The van der Waals surface area contributed by atoms with Crippen molar-refractivity contribution in [3.05, 3.63) is 0 Å². The van der Waals surface area contributed by atoms with Gasteiger partial charge in [0.2, 0.25) is 5.91 Å². The second-order valence-corrected chi connectivity index (χ2v) is 3.80. The summed E-state index contributed by atoms with van der Waals surface area (Å²) in [7, 11) is 1.71. The number of rotatable bonds is 6. The number of carbonyl (C=O) groups excluding carboxylic acids is 1. The van der Waals surface area contributed by atoms with Crippen LogP contribution in [0.1, 0.15) is 25.7 Å². The molecule has 1 saturated heterocycles. The summed E-state index contributed by atoms with van der Waals surface area (Å²) in [5, 5.41) is 0. The van der Waals surface area contributed by atoms with Crippen LogP contribution in [0.2, 0.25) is 0 Å². The average Bonchev–Trinajstić information content (AvgIpc) is 2.30. The largest absolute Gasteiger partial charge is 0.385 e. The lowest BCUT2D eigenvalue weighted by Gasteiger charge is -2.26. The number of amides is 1. The molecule has 1 rings (SSSR count). The van der Waals surface area contributed by atoms with E-state index < -0.39 is 0 Å². The first kappa shape index (κ1) is 12.5. The van der Waals surface area contributed by atoms with Gasteiger partial charge in [0.1, 0.15) is 0 Å². The van der Waals surface area contributed by atoms with E-state index in [1.54, 1.807) is 7.11 Å². The lowest BCUT2D eigenvalue weighted by molar-refractivity contribution is -0.135. The normalized spacial score (nSPS) is 16.7. The lowest BCUT2D eigenvalue weighted by atomic mass is 10.2. The zero-order chi connectivity index (χ0) is 10.9. The topological polar surface area (TPSA) is 38.8 Å². The predicted octanol–water partition coefficient (Wildman–Crippen LogP) is 1.05. The SMILES string of the molecule is COCCCCCC(=O)N1CCOCC1. The molecule has 0 saturated carbocycles. The molecule has 1 aliphatic rings. The van der Waals surface area contributed by atoms with Gasteiger partial charge in [-0.25, -0.2) is 0 Å². The Morgan fingerprint density at radius 1 is 1.27 bits per heavy atom. The molecule has 0 aromatic heterocycles. The minimum Gasteiger partial charge on any atom is -0.385 e. The highest BCUT2D eigenvalue weighted by atomic mass is 16.5. The molecule has 0 unspecified atom stereocenters. The van der Waals surface area contributed by atoms with Crippen LogP contribution in [0.15, 0.2) is 0 Å². The van der Waals surface area contributed by atoms with Gasteiger partial charge in [-0.2, -0.15) is 0 Å². The van der Waals surface area contributed by atoms with E-state index in [-0.39, 0.29) is 5.91 Å². The molecule has 88 valence electrons. The van der Waals surface area contributed by atoms with Gasteiger partial charge in [-0.05, 0) is 12.8 Å². The maximum Gasteiger partial charge on any atom is 0.222 e. The molecule has 1 aliphatic heterocycles. The number of ether oxygens (including phenoxy) is 2. The molecule has 0 radical (unpaired) electrons. The smallest absolute Gasteiger partial charge is 0.222 e. The summed E-state index contributed by atoms with van der Waals surface area (Å²) < 4.78 is 10.2. The van der Waals surface area contributed by atoms with Crippen LogP contribution in [-0.2, 0) is 14.3 Å². The monoisotopic (exact) mass is 215 g/mol. The number of morpholine rings is 1. The van der Waals surface area contributed by atoms with Crippen molar-refractivity contribution in [3.63, 3.8) is 0 Å². The second-order valence-electron chi connectivity index (χ2n) is 3.80. The number of methoxy groups -OCH3 is 1. The van der Waals surface area contributed by atoms with Crippen molar-refractivity contribution >= 4 is 5.91 Å². The molecule has 1 fully saturated rings. The highest BCUT2D eigenvalue weighted by Crippen LogP contribution is 2.05. The van der Waals surface area contributed by atoms with E-state index in [0.717, 1.165) is 39.0 Å². The summed E-state index contributed by atoms with van der Waals surface area (Å²) in [6, 6.07) is 0. The highest BCUT2D eigenvalue weighted by molar-refractivity contribution is 5.76. The van der Waals surface area contributed by atoms with Crippen molar-refractivity contribution in [3.8, 4) is 0 Å². The van der Waals surface area contributed by atoms with Gasteiger partial charge in [-0.15, -0.1) is 0 Å². The van der Waals surface area contributed by atoms with Crippen LogP contribution in [0.4, 0.5) is 0 Å². The van der Waals surface area contributed by atoms with Gasteiger partial charge < -0.3 is 14.4 Å². The fraction of sp³-hybridized carbons (Fsp3) is 0.909. The summed E-state index contributed by atoms with van der Waals surface area (Å²) in [6.45, 7) is 3.70. The Bertz CT molecular complexity index is 179. The van der Waals surface area contributed by atoms with Crippen molar-refractivity contribution in [2.24, 2.45) is 0 Å². The fourth-order valence-corrected chi connectivity index (χ4v) is 1.67. The van der Waals surface area contributed by atoms with E-state index in [9.17, 15) is 4.79 Å². The van der Waals surface area contributed by atoms with Crippen molar-refractivity contribution in [1.29, 1.82) is 0 Å². The van der Waals surface area contributed by atoms with Crippen molar-refractivity contribution < 1.29 is 14.3 Å². The van der Waals surface area contributed by atoms with Gasteiger partial charge in [0, 0.05) is 33.2 Å². The first-order valence-electron chi connectivity index (χ1n) is 5.69. The third kappa shape index (κ3) is 5.14. The van der Waals surface area contributed by atoms with Gasteiger partial charge in [-0.3, -0.25) is 4.79 Å². The summed E-state index contributed by atoms with van der Waals surface area (Å²) in [6.07, 6.45) is 3.76. The number of hydrogen-bond acceptors (Lipinski definition) is 3. The molecule has 0 aromatic carbocycles. The lowest BCUT2D eigenvalue weighted by Crippen LogP contribution is -2.40. The minimum absolute atomic E-state index is 0.274. The van der Waals surface area contributed by atoms with Crippen molar-refractivity contribution in [2.75, 3.05) is 40.0 Å². The van der Waals surface area contributed by atoms with Crippen molar-refractivity contribution in [2.45, 2.75) is 25.7 Å². The number of hydrogen-bond donors (Lipinski definition) is 0. The minimum atomic E-state index is 0.274. The molecule has 0 aliphatic carbocycles. The summed E-state index contributed by atoms with van der Waals surface area (Å²) in [5.41, 5.74) is 0. The van der Waals surface area contributed by atoms with Crippen LogP contribution in [0.5, 0.6) is 0 Å². The van der Waals surface area contributed by atoms with Crippen LogP contribution in [0.3, 0.4) is 0 Å². The number of nitrogens with zero attached hydrogens (tertiary/aromatic N) is 1. The molecule has 15 heavy (non-hydrogen) atoms. The summed E-state index contributed by atoms with van der Waals surface area (Å²) in [4.78, 5) is 13.6. The van der Waals surface area contributed by atoms with Crippen LogP contribution in [0, 0.1) is 0 Å². The quantitative estimate of drug-likeness (QED) is 0.622. The molecule has 1 heterocycles. The van der Waals surface area contributed by atoms with Gasteiger partial charge in [0.15, 0.2) is 0 Å². The van der Waals surface area contributed by atoms with E-state index in [4.69, 9.17) is 9.47 Å². The molecule has 0 atom stereocenters. The molecule has 0 bridgehead atoms. The fourth-order valence-electron chi connectivity index (χ4n) is 1.67. The molecule has 0 aromatic rings. The van der Waals surface area contributed by atoms with E-state index in [2.05, 4.69) is 0 Å². The number of unbranched alkanes of at least 4 members (excludes halogenated alkanes) is 2. The standard InChI is InChI=1S/C11H21NO3/c1-14-8-4-2-3-5-11(13)12-6-9-15-10-7-12/h2-10H2,1H3. The zero-order valence-electron chi connectivity index (χ0n) is 9.54. The zero-order valence-corrected chi connectivity index (χ0v) is 9.54. The third-order valence-electron chi connectivity index (χ3n) is 2.60. The Labute approximate surface area is 91.5 Å². The Morgan fingerprint density at radius 3 is 2.67 bits per heavy atom. The van der Waals surface area contributed by atoms with Crippen molar-refractivity contribution in [1.82, 2.24) is 4.90 Å². The van der Waals surface area contributed by atoms with Gasteiger partial charge in [-0.1, -0.05) is 6.42 Å². The van der Waals surface area contributed by atoms with Gasteiger partial charge >= 0.3 is 0 Å². The molecular formula is C11H21NO3. The highest BCUT2D eigenvalue weighted by Gasteiger charge is 2.15. The first-order valence-corrected chi connectivity index (χ1v) is 5.69. The Hall–Kier alpha value is -0.610. The predicted molar refractivity (Wildman–Crippen MR) is 57.7 cm³/mol. The van der Waals surface area contributed by atoms with Crippen LogP contribution in [0.25, 0.3) is 0 Å². The first-order chi connectivity index (χ1) is 7.34. The Morgan fingerprint density at radius 2 is 2.00 bits per heavy atom. The van der Waals surface area contributed by atoms with Gasteiger partial charge in [0.05, 0.1) is 13.2 Å². The molecule has 1 amide bonds. The van der Waals surface area contributed by atoms with E-state index in [0.29, 0.717) is 19.6 Å². The molecule has 4 nitrogen and oxygen atoms in total. The van der Waals surface area contributed by atoms with E-state index >= 15 is 0 Å². The third-order valence-corrected chi connectivity index (χ3v) is 2.60. The van der Waals surface area contributed by atoms with E-state index in [1.807, 2.05) is 4.90 Å². The number of carbonyl (C=O) groups is 1. The molecule has 4 heteroatoms. The van der Waals surface area contributed by atoms with Crippen LogP contribution >= 0.6 is 0 Å². The Kier molecular flexibility index (Phi) is 6.36. The summed E-state index contributed by atoms with van der Waals surface area (Å²) in [5.74, 6) is 0.274. The molecular weight excluding hydrogens is 194 g/mol. The Balaban J connectivity index is 2.02. The summed E-state index contributed by atoms with van der Waals surface area (Å²) >= 11 is 0.